The standard InChI is InChI=1S/C36H33F7N2O5/c1-2-5-21-14-25-32(34(50)45(33(25)49)24-16-22(35(38,39)40)15-23(17-24)36(41,42)43)26(18-46)31(21)30(48)10-8-20(28-6-3-4-11-44-28)12-19-7-9-29(47)27(37)13-19/h3-4,6-7,9,11-13,15-17,25-26,30,32,46-48H,2,5,8,10,14,18H2,1H3/b20-12-/t25-,26+,30-,32-/m1/s1. The summed E-state index contributed by atoms with van der Waals surface area (Å²) in [5.74, 6) is -7.15. The van der Waals surface area contributed by atoms with Gasteiger partial charge in [0.2, 0.25) is 11.8 Å². The molecule has 2 aromatic carbocycles. The summed E-state index contributed by atoms with van der Waals surface area (Å²) in [6.45, 7) is 1.09. The largest absolute Gasteiger partial charge is 0.505 e. The number of phenols is 1. The Hall–Kier alpha value is -4.56. The second-order valence-electron chi connectivity index (χ2n) is 12.4. The summed E-state index contributed by atoms with van der Waals surface area (Å²) >= 11 is 0. The topological polar surface area (TPSA) is 111 Å². The lowest BCUT2D eigenvalue weighted by atomic mass is 9.67. The Labute approximate surface area is 282 Å². The lowest BCUT2D eigenvalue weighted by Crippen LogP contribution is -2.39. The van der Waals surface area contributed by atoms with Crippen LogP contribution in [-0.4, -0.2) is 44.8 Å². The van der Waals surface area contributed by atoms with Gasteiger partial charge in [-0.25, -0.2) is 9.29 Å². The van der Waals surface area contributed by atoms with E-state index in [4.69, 9.17) is 0 Å². The fourth-order valence-electron chi connectivity index (χ4n) is 6.91. The molecule has 0 saturated carbocycles. The van der Waals surface area contributed by atoms with E-state index in [1.54, 1.807) is 30.5 Å². The van der Waals surface area contributed by atoms with E-state index in [2.05, 4.69) is 4.98 Å². The van der Waals surface area contributed by atoms with Crippen molar-refractivity contribution in [3.63, 3.8) is 0 Å². The highest BCUT2D eigenvalue weighted by Gasteiger charge is 2.55. The Balaban J connectivity index is 1.49. The number of nitrogens with zero attached hydrogens (tertiary/aromatic N) is 2. The molecule has 4 atom stereocenters. The van der Waals surface area contributed by atoms with Crippen molar-refractivity contribution in [3.8, 4) is 5.75 Å². The predicted octanol–water partition coefficient (Wildman–Crippen LogP) is 7.56. The predicted molar refractivity (Wildman–Crippen MR) is 168 cm³/mol. The Morgan fingerprint density at radius 2 is 1.68 bits per heavy atom. The van der Waals surface area contributed by atoms with E-state index in [1.807, 2.05) is 6.92 Å². The molecule has 0 radical (unpaired) electrons. The molecule has 0 unspecified atom stereocenters. The van der Waals surface area contributed by atoms with E-state index >= 15 is 0 Å². The van der Waals surface area contributed by atoms with E-state index in [1.165, 1.54) is 12.1 Å². The molecule has 0 bridgehead atoms. The Morgan fingerprint density at radius 3 is 2.24 bits per heavy atom. The van der Waals surface area contributed by atoms with Crippen LogP contribution in [0.3, 0.4) is 0 Å². The lowest BCUT2D eigenvalue weighted by molar-refractivity contribution is -0.143. The highest BCUT2D eigenvalue weighted by atomic mass is 19.4. The van der Waals surface area contributed by atoms with Crippen molar-refractivity contribution in [3.05, 3.63) is 100 Å². The third kappa shape index (κ3) is 7.46. The average Bonchev–Trinajstić information content (AvgIpc) is 3.31. The smallest absolute Gasteiger partial charge is 0.416 e. The van der Waals surface area contributed by atoms with Crippen LogP contribution >= 0.6 is 0 Å². The van der Waals surface area contributed by atoms with Gasteiger partial charge in [0.25, 0.3) is 0 Å². The maximum absolute atomic E-state index is 14.1. The third-order valence-corrected chi connectivity index (χ3v) is 9.12. The normalized spacial score (nSPS) is 20.8. The highest BCUT2D eigenvalue weighted by molar-refractivity contribution is 6.22. The van der Waals surface area contributed by atoms with Crippen LogP contribution in [0.2, 0.25) is 0 Å². The highest BCUT2D eigenvalue weighted by Crippen LogP contribution is 2.49. The summed E-state index contributed by atoms with van der Waals surface area (Å²) in [4.78, 5) is 32.2. The van der Waals surface area contributed by atoms with Crippen molar-refractivity contribution in [2.45, 2.75) is 57.5 Å². The van der Waals surface area contributed by atoms with E-state index in [0.29, 0.717) is 52.3 Å². The minimum Gasteiger partial charge on any atom is -0.505 e. The molecule has 266 valence electrons. The number of aliphatic hydroxyl groups is 2. The van der Waals surface area contributed by atoms with Crippen molar-refractivity contribution in [1.82, 2.24) is 4.98 Å². The summed E-state index contributed by atoms with van der Waals surface area (Å²) in [6, 6.07) is 9.45. The van der Waals surface area contributed by atoms with Gasteiger partial charge >= 0.3 is 12.4 Å². The van der Waals surface area contributed by atoms with Gasteiger partial charge in [0.15, 0.2) is 11.6 Å². The van der Waals surface area contributed by atoms with Gasteiger partial charge in [0, 0.05) is 12.1 Å². The molecule has 1 aliphatic carbocycles. The minimum atomic E-state index is -5.21. The number of aromatic hydroxyl groups is 1. The molecule has 0 spiro atoms. The number of halogens is 7. The van der Waals surface area contributed by atoms with Gasteiger partial charge in [-0.15, -0.1) is 0 Å². The molecule has 1 aromatic heterocycles. The first-order valence-corrected chi connectivity index (χ1v) is 15.8. The number of aromatic nitrogens is 1. The lowest BCUT2D eigenvalue weighted by Gasteiger charge is -2.36. The molecular weight excluding hydrogens is 673 g/mol. The number of imide groups is 1. The molecule has 1 aliphatic heterocycles. The number of allylic oxidation sites excluding steroid dienone is 2. The van der Waals surface area contributed by atoms with Crippen molar-refractivity contribution in [1.29, 1.82) is 0 Å². The summed E-state index contributed by atoms with van der Waals surface area (Å²) in [6.07, 6.45) is -7.62. The van der Waals surface area contributed by atoms with Crippen LogP contribution in [0.5, 0.6) is 5.75 Å². The fourth-order valence-corrected chi connectivity index (χ4v) is 6.91. The van der Waals surface area contributed by atoms with Gasteiger partial charge in [0.05, 0.1) is 47.1 Å². The number of carbonyl (C=O) groups is 2. The van der Waals surface area contributed by atoms with Gasteiger partial charge < -0.3 is 15.3 Å². The summed E-state index contributed by atoms with van der Waals surface area (Å²) in [5, 5.41) is 31.9. The summed E-state index contributed by atoms with van der Waals surface area (Å²) in [5.41, 5.74) is -1.94. The van der Waals surface area contributed by atoms with E-state index in [-0.39, 0.29) is 30.9 Å². The minimum absolute atomic E-state index is 0.00777. The zero-order valence-electron chi connectivity index (χ0n) is 26.6. The van der Waals surface area contributed by atoms with E-state index in [0.717, 1.165) is 6.07 Å². The Kier molecular flexibility index (Phi) is 10.5. The first-order valence-electron chi connectivity index (χ1n) is 15.8. The van der Waals surface area contributed by atoms with Crippen molar-refractivity contribution >= 4 is 29.2 Å². The number of hydrogen-bond acceptors (Lipinski definition) is 6. The zero-order valence-corrected chi connectivity index (χ0v) is 26.6. The number of amides is 2. The van der Waals surface area contributed by atoms with Crippen LogP contribution in [-0.2, 0) is 21.9 Å². The number of phenolic OH excluding ortho intramolecular Hbond substituents is 1. The second kappa shape index (κ2) is 14.4. The molecular formula is C36H33F7N2O5. The quantitative estimate of drug-likeness (QED) is 0.114. The van der Waals surface area contributed by atoms with Gasteiger partial charge in [-0.3, -0.25) is 14.6 Å². The number of alkyl halides is 6. The van der Waals surface area contributed by atoms with Crippen LogP contribution in [0, 0.1) is 23.6 Å². The summed E-state index contributed by atoms with van der Waals surface area (Å²) in [7, 11) is 0. The van der Waals surface area contributed by atoms with Crippen LogP contribution in [0.15, 0.2) is 71.9 Å². The number of hydrogen-bond donors (Lipinski definition) is 3. The van der Waals surface area contributed by atoms with Crippen LogP contribution < -0.4 is 4.90 Å². The molecule has 2 amide bonds. The summed E-state index contributed by atoms with van der Waals surface area (Å²) < 4.78 is 96.0. The third-order valence-electron chi connectivity index (χ3n) is 9.12. The molecule has 14 heteroatoms. The van der Waals surface area contributed by atoms with Crippen LogP contribution in [0.4, 0.5) is 36.4 Å². The monoisotopic (exact) mass is 706 g/mol. The number of rotatable bonds is 10. The first-order chi connectivity index (χ1) is 23.5. The van der Waals surface area contributed by atoms with Gasteiger partial charge in [-0.2, -0.15) is 26.3 Å². The van der Waals surface area contributed by atoms with E-state index < -0.39 is 83.0 Å². The van der Waals surface area contributed by atoms with Crippen molar-refractivity contribution in [2.75, 3.05) is 11.5 Å². The number of pyridine rings is 1. The second-order valence-corrected chi connectivity index (χ2v) is 12.4. The SMILES string of the molecule is CCCC1=C([C@H](O)CC/C(=C/c2ccc(O)c(F)c2)c2ccccn2)[C@H](CO)[C@@H]2C(=O)N(c3cc(C(F)(F)F)cc(C(F)(F)F)c3)C(=O)[C@@H]2C1. The van der Waals surface area contributed by atoms with Gasteiger partial charge in [-0.1, -0.05) is 31.1 Å². The number of fused-ring (bicyclic) bond motifs is 1. The van der Waals surface area contributed by atoms with Crippen molar-refractivity contribution in [2.24, 2.45) is 17.8 Å². The number of anilines is 1. The van der Waals surface area contributed by atoms with Gasteiger partial charge in [-0.05, 0) is 90.9 Å². The molecule has 2 aliphatic rings. The molecule has 3 N–H and O–H groups in total. The number of aliphatic hydroxyl groups excluding tert-OH is 2. The maximum Gasteiger partial charge on any atom is 0.416 e. The van der Waals surface area contributed by atoms with Crippen LogP contribution in [0.25, 0.3) is 11.6 Å². The zero-order chi connectivity index (χ0) is 36.5. The maximum atomic E-state index is 14.1. The number of benzene rings is 2. The van der Waals surface area contributed by atoms with Crippen molar-refractivity contribution < 1.29 is 55.6 Å². The van der Waals surface area contributed by atoms with E-state index in [9.17, 15) is 55.6 Å². The fraction of sp³-hybridized carbons (Fsp3) is 0.361. The molecule has 1 fully saturated rings. The molecule has 2 heterocycles. The van der Waals surface area contributed by atoms with Gasteiger partial charge in [0.1, 0.15) is 0 Å². The average molecular weight is 707 g/mol. The molecule has 7 nitrogen and oxygen atoms in total. The van der Waals surface area contributed by atoms with Crippen LogP contribution in [0.1, 0.15) is 61.4 Å². The Bertz CT molecular complexity index is 1790. The number of carbonyl (C=O) groups excluding carboxylic acids is 2. The molecule has 1 saturated heterocycles. The Morgan fingerprint density at radius 1 is 1.00 bits per heavy atom. The molecule has 5 rings (SSSR count). The first kappa shape index (κ1) is 36.7. The molecule has 3 aromatic rings. The molecule has 50 heavy (non-hydrogen) atoms.